The summed E-state index contributed by atoms with van der Waals surface area (Å²) in [6, 6.07) is 2.00. The van der Waals surface area contributed by atoms with E-state index in [0.29, 0.717) is 32.4 Å². The molecule has 20 heavy (non-hydrogen) atoms. The minimum absolute atomic E-state index is 0.0620. The Morgan fingerprint density at radius 3 is 2.50 bits per heavy atom. The number of aliphatic carboxylic acids is 1. The van der Waals surface area contributed by atoms with Gasteiger partial charge in [-0.15, -0.1) is 11.3 Å². The summed E-state index contributed by atoms with van der Waals surface area (Å²) in [7, 11) is 0. The summed E-state index contributed by atoms with van der Waals surface area (Å²) in [4.78, 5) is 26.5. The lowest BCUT2D eigenvalue weighted by Crippen LogP contribution is -2.46. The highest BCUT2D eigenvalue weighted by Crippen LogP contribution is 2.36. The van der Waals surface area contributed by atoms with Gasteiger partial charge in [0.1, 0.15) is 0 Å². The van der Waals surface area contributed by atoms with E-state index in [4.69, 9.17) is 0 Å². The predicted molar refractivity (Wildman–Crippen MR) is 79.2 cm³/mol. The summed E-state index contributed by atoms with van der Waals surface area (Å²) in [6.45, 7) is 5.04. The van der Waals surface area contributed by atoms with Gasteiger partial charge in [0.2, 0.25) is 0 Å². The number of carboxylic acid groups (broad SMARTS) is 1. The van der Waals surface area contributed by atoms with Gasteiger partial charge >= 0.3 is 5.97 Å². The van der Waals surface area contributed by atoms with Crippen LogP contribution in [0.25, 0.3) is 0 Å². The quantitative estimate of drug-likeness (QED) is 0.929. The molecule has 1 saturated heterocycles. The van der Waals surface area contributed by atoms with E-state index in [1.54, 1.807) is 0 Å². The lowest BCUT2D eigenvalue weighted by Gasteiger charge is -2.38. The highest BCUT2D eigenvalue weighted by Gasteiger charge is 2.41. The Bertz CT molecular complexity index is 501. The fraction of sp³-hybridized carbons (Fsp3) is 0.600. The van der Waals surface area contributed by atoms with E-state index < -0.39 is 11.4 Å². The van der Waals surface area contributed by atoms with Gasteiger partial charge in [-0.05, 0) is 42.7 Å². The van der Waals surface area contributed by atoms with Gasteiger partial charge < -0.3 is 10.0 Å². The number of carbonyl (C=O) groups is 2. The number of carbonyl (C=O) groups excluding carboxylic acids is 1. The monoisotopic (exact) mass is 295 g/mol. The number of rotatable bonds is 4. The maximum Gasteiger partial charge on any atom is 0.309 e. The van der Waals surface area contributed by atoms with Crippen molar-refractivity contribution in [2.45, 2.75) is 39.5 Å². The molecule has 0 unspecified atom stereocenters. The number of aryl methyl sites for hydroxylation is 1. The number of hydrogen-bond acceptors (Lipinski definition) is 3. The summed E-state index contributed by atoms with van der Waals surface area (Å²) in [5.74, 6) is -0.663. The van der Waals surface area contributed by atoms with Crippen molar-refractivity contribution in [3.05, 3.63) is 21.9 Å². The Morgan fingerprint density at radius 1 is 1.35 bits per heavy atom. The Hall–Kier alpha value is -1.36. The number of hydrogen-bond donors (Lipinski definition) is 1. The van der Waals surface area contributed by atoms with E-state index >= 15 is 0 Å². The van der Waals surface area contributed by atoms with Crippen LogP contribution in [0, 0.1) is 5.41 Å². The molecular weight excluding hydrogens is 274 g/mol. The number of likely N-dealkylation sites (tertiary alicyclic amines) is 1. The minimum Gasteiger partial charge on any atom is -0.481 e. The molecule has 1 aliphatic rings. The molecule has 1 fully saturated rings. The molecule has 5 heteroatoms. The fourth-order valence-electron chi connectivity index (χ4n) is 2.80. The highest BCUT2D eigenvalue weighted by atomic mass is 32.1. The average Bonchev–Trinajstić information content (AvgIpc) is 2.94. The molecule has 0 saturated carbocycles. The maximum atomic E-state index is 12.5. The first kappa shape index (κ1) is 15.0. The summed E-state index contributed by atoms with van der Waals surface area (Å²) in [5, 5.41) is 11.3. The Balaban J connectivity index is 2.07. The first-order valence-corrected chi connectivity index (χ1v) is 8.01. The SMILES string of the molecule is CCc1ccsc1C(=O)N1CCC(CC)(C(=O)O)CC1. The number of thiophene rings is 1. The standard InChI is InChI=1S/C15H21NO3S/c1-3-11-5-10-20-12(11)13(17)16-8-6-15(4-2,7-9-16)14(18)19/h5,10H,3-4,6-9H2,1-2H3,(H,18,19). The van der Waals surface area contributed by atoms with Crippen molar-refractivity contribution in [2.24, 2.45) is 5.41 Å². The Morgan fingerprint density at radius 2 is 2.00 bits per heavy atom. The van der Waals surface area contributed by atoms with Crippen LogP contribution in [-0.4, -0.2) is 35.0 Å². The van der Waals surface area contributed by atoms with Crippen LogP contribution in [0.15, 0.2) is 11.4 Å². The van der Waals surface area contributed by atoms with Gasteiger partial charge in [-0.2, -0.15) is 0 Å². The van der Waals surface area contributed by atoms with Gasteiger partial charge in [0.15, 0.2) is 0 Å². The number of amides is 1. The molecule has 1 aliphatic heterocycles. The van der Waals surface area contributed by atoms with Crippen molar-refractivity contribution in [1.29, 1.82) is 0 Å². The molecule has 0 aliphatic carbocycles. The molecule has 0 bridgehead atoms. The van der Waals surface area contributed by atoms with Gasteiger partial charge in [-0.1, -0.05) is 13.8 Å². The molecule has 0 aromatic carbocycles. The third-order valence-corrected chi connectivity index (χ3v) is 5.40. The van der Waals surface area contributed by atoms with Crippen molar-refractivity contribution < 1.29 is 14.7 Å². The smallest absolute Gasteiger partial charge is 0.309 e. The lowest BCUT2D eigenvalue weighted by molar-refractivity contribution is -0.152. The summed E-state index contributed by atoms with van der Waals surface area (Å²) >= 11 is 1.48. The molecule has 4 nitrogen and oxygen atoms in total. The second kappa shape index (κ2) is 5.95. The van der Waals surface area contributed by atoms with E-state index in [0.717, 1.165) is 16.9 Å². The van der Waals surface area contributed by atoms with Crippen molar-refractivity contribution in [3.8, 4) is 0 Å². The first-order valence-electron chi connectivity index (χ1n) is 7.13. The molecule has 1 N–H and O–H groups in total. The van der Waals surface area contributed by atoms with Crippen molar-refractivity contribution in [3.63, 3.8) is 0 Å². The maximum absolute atomic E-state index is 12.5. The Kier molecular flexibility index (Phi) is 4.48. The van der Waals surface area contributed by atoms with Gasteiger partial charge in [-0.25, -0.2) is 0 Å². The zero-order valence-corrected chi connectivity index (χ0v) is 12.8. The van der Waals surface area contributed by atoms with E-state index in [1.807, 2.05) is 30.2 Å². The number of nitrogens with zero attached hydrogens (tertiary/aromatic N) is 1. The van der Waals surface area contributed by atoms with Gasteiger partial charge in [0.25, 0.3) is 5.91 Å². The molecule has 110 valence electrons. The molecular formula is C15H21NO3S. The molecule has 1 aromatic rings. The van der Waals surface area contributed by atoms with Crippen LogP contribution in [-0.2, 0) is 11.2 Å². The van der Waals surface area contributed by atoms with Crippen LogP contribution in [0.5, 0.6) is 0 Å². The fourth-order valence-corrected chi connectivity index (χ4v) is 3.76. The largest absolute Gasteiger partial charge is 0.481 e. The first-order chi connectivity index (χ1) is 9.54. The number of carboxylic acids is 1. The second-order valence-corrected chi connectivity index (χ2v) is 6.28. The lowest BCUT2D eigenvalue weighted by atomic mass is 9.76. The molecule has 1 aromatic heterocycles. The minimum atomic E-state index is -0.725. The average molecular weight is 295 g/mol. The van der Waals surface area contributed by atoms with Gasteiger partial charge in [0, 0.05) is 13.1 Å². The van der Waals surface area contributed by atoms with E-state index in [2.05, 4.69) is 0 Å². The summed E-state index contributed by atoms with van der Waals surface area (Å²) in [6.07, 6.45) is 2.59. The third-order valence-electron chi connectivity index (χ3n) is 4.46. The zero-order valence-electron chi connectivity index (χ0n) is 12.0. The van der Waals surface area contributed by atoms with E-state index in [-0.39, 0.29) is 5.91 Å². The molecule has 2 rings (SSSR count). The molecule has 0 radical (unpaired) electrons. The van der Waals surface area contributed by atoms with Gasteiger partial charge in [0.05, 0.1) is 10.3 Å². The molecule has 0 spiro atoms. The third kappa shape index (κ3) is 2.59. The van der Waals surface area contributed by atoms with Crippen LogP contribution in [0.2, 0.25) is 0 Å². The number of piperidine rings is 1. The van der Waals surface area contributed by atoms with E-state index in [1.165, 1.54) is 11.3 Å². The second-order valence-electron chi connectivity index (χ2n) is 5.36. The van der Waals surface area contributed by atoms with Crippen LogP contribution >= 0.6 is 11.3 Å². The summed E-state index contributed by atoms with van der Waals surface area (Å²) < 4.78 is 0. The van der Waals surface area contributed by atoms with Crippen molar-refractivity contribution in [2.75, 3.05) is 13.1 Å². The highest BCUT2D eigenvalue weighted by molar-refractivity contribution is 7.12. The predicted octanol–water partition coefficient (Wildman–Crippen LogP) is 3.03. The van der Waals surface area contributed by atoms with Gasteiger partial charge in [-0.3, -0.25) is 9.59 Å². The molecule has 0 atom stereocenters. The normalized spacial score (nSPS) is 18.0. The van der Waals surface area contributed by atoms with Crippen LogP contribution in [0.3, 0.4) is 0 Å². The molecule has 2 heterocycles. The Labute approximate surface area is 123 Å². The summed E-state index contributed by atoms with van der Waals surface area (Å²) in [5.41, 5.74) is 0.449. The van der Waals surface area contributed by atoms with Crippen molar-refractivity contribution in [1.82, 2.24) is 4.90 Å². The van der Waals surface area contributed by atoms with Crippen LogP contribution in [0.4, 0.5) is 0 Å². The molecule has 1 amide bonds. The van der Waals surface area contributed by atoms with Crippen molar-refractivity contribution >= 4 is 23.2 Å². The van der Waals surface area contributed by atoms with Crippen LogP contribution in [0.1, 0.15) is 48.3 Å². The van der Waals surface area contributed by atoms with E-state index in [9.17, 15) is 14.7 Å². The topological polar surface area (TPSA) is 57.6 Å². The van der Waals surface area contributed by atoms with Crippen LogP contribution < -0.4 is 0 Å². The zero-order chi connectivity index (χ0) is 14.8.